The minimum atomic E-state index is -3.25. The highest BCUT2D eigenvalue weighted by molar-refractivity contribution is 7.92. The second-order valence-corrected chi connectivity index (χ2v) is 7.92. The molecule has 5 nitrogen and oxygen atoms in total. The van der Waals surface area contributed by atoms with E-state index in [1.807, 2.05) is 0 Å². The molecule has 23 heavy (non-hydrogen) atoms. The second kappa shape index (κ2) is 5.94. The van der Waals surface area contributed by atoms with Crippen molar-refractivity contribution in [3.05, 3.63) is 52.7 Å². The minimum Gasteiger partial charge on any atom is -0.480 e. The quantitative estimate of drug-likeness (QED) is 0.774. The average molecular weight is 352 g/mol. The zero-order valence-electron chi connectivity index (χ0n) is 12.3. The topological polar surface area (TPSA) is 73.3 Å². The molecule has 1 aromatic heterocycles. The Hall–Kier alpha value is -1.92. The van der Waals surface area contributed by atoms with Crippen LogP contribution in [-0.2, 0) is 9.84 Å². The molecule has 1 heterocycles. The fraction of sp³-hybridized carbons (Fsp3) is 0.250. The third kappa shape index (κ3) is 3.09. The second-order valence-electron chi connectivity index (χ2n) is 5.29. The number of hydrogen-bond acceptors (Lipinski definition) is 5. The van der Waals surface area contributed by atoms with Gasteiger partial charge in [-0.25, -0.2) is 13.4 Å². The van der Waals surface area contributed by atoms with Gasteiger partial charge < -0.3 is 4.74 Å². The number of pyridine rings is 1. The summed E-state index contributed by atoms with van der Waals surface area (Å²) in [6, 6.07) is 8.97. The lowest BCUT2D eigenvalue weighted by Crippen LogP contribution is -2.09. The van der Waals surface area contributed by atoms with Crippen molar-refractivity contribution < 1.29 is 17.9 Å². The summed E-state index contributed by atoms with van der Waals surface area (Å²) in [5.41, 5.74) is 0.542. The first kappa shape index (κ1) is 16.0. The molecule has 1 aromatic carbocycles. The standard InChI is InChI=1S/C16H14ClNO4S/c1-22-16-13(17)8-9-14(18-16)15(19)10-2-4-11(5-3-10)23(20,21)12-6-7-12/h2-5,8-9,12H,6-7H2,1H3. The van der Waals surface area contributed by atoms with Crippen LogP contribution in [0.2, 0.25) is 5.02 Å². The van der Waals surface area contributed by atoms with Gasteiger partial charge in [0.2, 0.25) is 11.7 Å². The normalized spacial score (nSPS) is 14.5. The van der Waals surface area contributed by atoms with E-state index in [1.165, 1.54) is 43.5 Å². The molecule has 0 bridgehead atoms. The number of sulfone groups is 1. The number of nitrogens with zero attached hydrogens (tertiary/aromatic N) is 1. The van der Waals surface area contributed by atoms with Gasteiger partial charge in [-0.3, -0.25) is 4.79 Å². The molecule has 1 aliphatic carbocycles. The van der Waals surface area contributed by atoms with Crippen LogP contribution in [0.15, 0.2) is 41.3 Å². The first-order valence-corrected chi connectivity index (χ1v) is 8.95. The Morgan fingerprint density at radius 2 is 1.83 bits per heavy atom. The van der Waals surface area contributed by atoms with E-state index >= 15 is 0 Å². The smallest absolute Gasteiger partial charge is 0.232 e. The zero-order chi connectivity index (χ0) is 16.6. The van der Waals surface area contributed by atoms with Crippen LogP contribution in [0.1, 0.15) is 28.9 Å². The first-order chi connectivity index (χ1) is 10.9. The number of rotatable bonds is 5. The molecule has 1 aliphatic rings. The van der Waals surface area contributed by atoms with Gasteiger partial charge in [0, 0.05) is 5.56 Å². The Kier molecular flexibility index (Phi) is 4.12. The summed E-state index contributed by atoms with van der Waals surface area (Å²) in [4.78, 5) is 16.7. The highest BCUT2D eigenvalue weighted by atomic mass is 35.5. The van der Waals surface area contributed by atoms with Crippen molar-refractivity contribution in [2.45, 2.75) is 23.0 Å². The van der Waals surface area contributed by atoms with Crippen LogP contribution in [0.3, 0.4) is 0 Å². The van der Waals surface area contributed by atoms with Crippen molar-refractivity contribution in [3.63, 3.8) is 0 Å². The zero-order valence-corrected chi connectivity index (χ0v) is 13.9. The summed E-state index contributed by atoms with van der Waals surface area (Å²) in [6.07, 6.45) is 1.41. The number of carbonyl (C=O) groups excluding carboxylic acids is 1. The minimum absolute atomic E-state index is 0.172. The van der Waals surface area contributed by atoms with E-state index in [4.69, 9.17) is 16.3 Å². The maximum atomic E-state index is 12.4. The predicted octanol–water partition coefficient (Wildman–Crippen LogP) is 2.91. The largest absolute Gasteiger partial charge is 0.480 e. The Bertz CT molecular complexity index is 858. The van der Waals surface area contributed by atoms with Crippen molar-refractivity contribution in [3.8, 4) is 5.88 Å². The van der Waals surface area contributed by atoms with Crippen LogP contribution in [0.25, 0.3) is 0 Å². The summed E-state index contributed by atoms with van der Waals surface area (Å²) in [5.74, 6) is -0.152. The lowest BCUT2D eigenvalue weighted by molar-refractivity contribution is 0.103. The molecule has 0 spiro atoms. The molecule has 1 fully saturated rings. The molecule has 0 radical (unpaired) electrons. The van der Waals surface area contributed by atoms with Gasteiger partial charge in [0.1, 0.15) is 10.7 Å². The van der Waals surface area contributed by atoms with E-state index in [-0.39, 0.29) is 27.5 Å². The highest BCUT2D eigenvalue weighted by Gasteiger charge is 2.36. The Morgan fingerprint density at radius 1 is 1.17 bits per heavy atom. The van der Waals surface area contributed by atoms with Crippen molar-refractivity contribution in [1.82, 2.24) is 4.98 Å². The lowest BCUT2D eigenvalue weighted by atomic mass is 10.1. The van der Waals surface area contributed by atoms with Crippen molar-refractivity contribution in [2.24, 2.45) is 0 Å². The number of ketones is 1. The third-order valence-corrected chi connectivity index (χ3v) is 6.21. The number of ether oxygens (including phenoxy) is 1. The van der Waals surface area contributed by atoms with Crippen molar-refractivity contribution in [2.75, 3.05) is 7.11 Å². The summed E-state index contributed by atoms with van der Waals surface area (Å²) in [7, 11) is -1.84. The van der Waals surface area contributed by atoms with Gasteiger partial charge in [0.05, 0.1) is 17.3 Å². The van der Waals surface area contributed by atoms with Gasteiger partial charge in [0.15, 0.2) is 9.84 Å². The van der Waals surface area contributed by atoms with Crippen LogP contribution in [0, 0.1) is 0 Å². The number of carbonyl (C=O) groups is 1. The predicted molar refractivity (Wildman–Crippen MR) is 85.9 cm³/mol. The molecular weight excluding hydrogens is 338 g/mol. The summed E-state index contributed by atoms with van der Waals surface area (Å²) >= 11 is 5.89. The molecule has 0 N–H and O–H groups in total. The van der Waals surface area contributed by atoms with Crippen LogP contribution >= 0.6 is 11.6 Å². The van der Waals surface area contributed by atoms with Gasteiger partial charge in [-0.1, -0.05) is 11.6 Å². The highest BCUT2D eigenvalue weighted by Crippen LogP contribution is 2.33. The molecule has 120 valence electrons. The average Bonchev–Trinajstić information content (AvgIpc) is 3.40. The molecular formula is C16H14ClNO4S. The van der Waals surface area contributed by atoms with E-state index in [0.29, 0.717) is 23.4 Å². The Morgan fingerprint density at radius 3 is 2.39 bits per heavy atom. The van der Waals surface area contributed by atoms with Gasteiger partial charge in [-0.05, 0) is 49.2 Å². The van der Waals surface area contributed by atoms with Crippen molar-refractivity contribution in [1.29, 1.82) is 0 Å². The van der Waals surface area contributed by atoms with Gasteiger partial charge in [-0.2, -0.15) is 0 Å². The van der Waals surface area contributed by atoms with Crippen LogP contribution in [-0.4, -0.2) is 31.5 Å². The molecule has 2 aromatic rings. The van der Waals surface area contributed by atoms with E-state index in [9.17, 15) is 13.2 Å². The molecule has 3 rings (SSSR count). The first-order valence-electron chi connectivity index (χ1n) is 7.02. The van der Waals surface area contributed by atoms with E-state index in [0.717, 1.165) is 0 Å². The maximum Gasteiger partial charge on any atom is 0.232 e. The van der Waals surface area contributed by atoms with E-state index in [2.05, 4.69) is 4.98 Å². The summed E-state index contributed by atoms with van der Waals surface area (Å²) in [6.45, 7) is 0. The SMILES string of the molecule is COc1nc(C(=O)c2ccc(S(=O)(=O)C3CC3)cc2)ccc1Cl. The van der Waals surface area contributed by atoms with Gasteiger partial charge in [0.25, 0.3) is 0 Å². The fourth-order valence-electron chi connectivity index (χ4n) is 2.21. The molecule has 0 atom stereocenters. The van der Waals surface area contributed by atoms with Crippen molar-refractivity contribution >= 4 is 27.2 Å². The molecule has 0 amide bonds. The van der Waals surface area contributed by atoms with E-state index in [1.54, 1.807) is 0 Å². The van der Waals surface area contributed by atoms with Crippen LogP contribution in [0.4, 0.5) is 0 Å². The Labute approximate surface area is 139 Å². The lowest BCUT2D eigenvalue weighted by Gasteiger charge is -2.06. The number of methoxy groups -OCH3 is 1. The van der Waals surface area contributed by atoms with Gasteiger partial charge >= 0.3 is 0 Å². The Balaban J connectivity index is 1.88. The monoisotopic (exact) mass is 351 g/mol. The summed E-state index contributed by atoms with van der Waals surface area (Å²) in [5, 5.41) is 0.0427. The molecule has 0 unspecified atom stereocenters. The summed E-state index contributed by atoms with van der Waals surface area (Å²) < 4.78 is 29.3. The van der Waals surface area contributed by atoms with E-state index < -0.39 is 9.84 Å². The molecule has 0 saturated heterocycles. The van der Waals surface area contributed by atoms with Crippen LogP contribution < -0.4 is 4.74 Å². The van der Waals surface area contributed by atoms with Crippen LogP contribution in [0.5, 0.6) is 5.88 Å². The molecule has 1 saturated carbocycles. The van der Waals surface area contributed by atoms with Gasteiger partial charge in [-0.15, -0.1) is 0 Å². The maximum absolute atomic E-state index is 12.4. The number of halogens is 1. The fourth-order valence-corrected chi connectivity index (χ4v) is 4.05. The third-order valence-electron chi connectivity index (χ3n) is 3.65. The number of hydrogen-bond donors (Lipinski definition) is 0. The number of benzene rings is 1. The molecule has 0 aliphatic heterocycles. The number of aromatic nitrogens is 1. The molecule has 7 heteroatoms.